The zero-order chi connectivity index (χ0) is 28.5. The van der Waals surface area contributed by atoms with Crippen LogP contribution in [0.5, 0.6) is 23.0 Å². The van der Waals surface area contributed by atoms with Crippen molar-refractivity contribution in [1.29, 1.82) is 0 Å². The number of hydrogen-bond acceptors (Lipinski definition) is 8. The summed E-state index contributed by atoms with van der Waals surface area (Å²) < 4.78 is 31.9. The molecule has 10 nitrogen and oxygen atoms in total. The second kappa shape index (κ2) is 10.7. The van der Waals surface area contributed by atoms with Crippen molar-refractivity contribution in [1.82, 2.24) is 19.7 Å². The molecule has 1 N–H and O–H groups in total. The van der Waals surface area contributed by atoms with Gasteiger partial charge in [0.2, 0.25) is 5.43 Å². The number of carbonyl (C=O) groups excluding carboxylic acids is 1. The molecule has 2 aromatic carbocycles. The van der Waals surface area contributed by atoms with E-state index in [2.05, 4.69) is 20.4 Å². The fourth-order valence-electron chi connectivity index (χ4n) is 4.35. The molecular formula is C30H24FN5O5. The lowest BCUT2D eigenvalue weighted by molar-refractivity contribution is 0.102. The molecule has 1 aliphatic rings. The summed E-state index contributed by atoms with van der Waals surface area (Å²) in [6.45, 7) is 0. The zero-order valence-electron chi connectivity index (χ0n) is 22.1. The molecule has 0 spiro atoms. The molecule has 0 saturated heterocycles. The predicted octanol–water partition coefficient (Wildman–Crippen LogP) is 5.39. The largest absolute Gasteiger partial charge is 0.493 e. The van der Waals surface area contributed by atoms with E-state index in [-0.39, 0.29) is 23.1 Å². The van der Waals surface area contributed by atoms with Crippen LogP contribution in [-0.2, 0) is 0 Å². The first-order valence-electron chi connectivity index (χ1n) is 12.8. The fraction of sp³-hybridized carbons (Fsp3) is 0.167. The van der Waals surface area contributed by atoms with Gasteiger partial charge in [0.05, 0.1) is 32.0 Å². The van der Waals surface area contributed by atoms with Gasteiger partial charge in [0.1, 0.15) is 34.4 Å². The number of nitrogens with one attached hydrogen (secondary N) is 1. The maximum atomic E-state index is 13.5. The molecule has 1 aliphatic carbocycles. The number of rotatable bonds is 8. The number of benzene rings is 2. The molecule has 206 valence electrons. The third-order valence-electron chi connectivity index (χ3n) is 6.63. The first-order valence-corrected chi connectivity index (χ1v) is 12.8. The van der Waals surface area contributed by atoms with Crippen molar-refractivity contribution in [3.63, 3.8) is 0 Å². The Labute approximate surface area is 233 Å². The molecule has 6 rings (SSSR count). The van der Waals surface area contributed by atoms with E-state index in [0.29, 0.717) is 39.5 Å². The monoisotopic (exact) mass is 553 g/mol. The molecule has 1 saturated carbocycles. The van der Waals surface area contributed by atoms with Crippen LogP contribution in [0.2, 0.25) is 0 Å². The minimum atomic E-state index is -0.627. The summed E-state index contributed by atoms with van der Waals surface area (Å²) in [7, 11) is 3.10. The third kappa shape index (κ3) is 5.29. The van der Waals surface area contributed by atoms with Crippen molar-refractivity contribution < 1.29 is 23.4 Å². The molecule has 0 bridgehead atoms. The van der Waals surface area contributed by atoms with Gasteiger partial charge in [-0.25, -0.2) is 9.37 Å². The summed E-state index contributed by atoms with van der Waals surface area (Å²) in [6, 6.07) is 14.0. The molecule has 11 heteroatoms. The summed E-state index contributed by atoms with van der Waals surface area (Å²) in [5.74, 6) is 1.20. The van der Waals surface area contributed by atoms with E-state index >= 15 is 0 Å². The number of fused-ring (bicyclic) bond motifs is 1. The molecule has 0 radical (unpaired) electrons. The highest BCUT2D eigenvalue weighted by Gasteiger charge is 2.27. The van der Waals surface area contributed by atoms with Gasteiger partial charge >= 0.3 is 0 Å². The summed E-state index contributed by atoms with van der Waals surface area (Å²) >= 11 is 0. The lowest BCUT2D eigenvalue weighted by Gasteiger charge is -2.13. The number of amides is 1. The van der Waals surface area contributed by atoms with Gasteiger partial charge < -0.3 is 19.5 Å². The minimum absolute atomic E-state index is 0.0824. The van der Waals surface area contributed by atoms with Crippen LogP contribution in [0, 0.1) is 5.82 Å². The van der Waals surface area contributed by atoms with Gasteiger partial charge in [0.15, 0.2) is 11.5 Å². The van der Waals surface area contributed by atoms with Gasteiger partial charge in [-0.2, -0.15) is 5.10 Å². The Hall–Kier alpha value is -5.32. The predicted molar refractivity (Wildman–Crippen MR) is 149 cm³/mol. The van der Waals surface area contributed by atoms with Crippen molar-refractivity contribution in [2.24, 2.45) is 0 Å². The van der Waals surface area contributed by atoms with Crippen LogP contribution in [0.3, 0.4) is 0 Å². The van der Waals surface area contributed by atoms with Crippen LogP contribution in [-0.4, -0.2) is 39.9 Å². The molecule has 3 heterocycles. The lowest BCUT2D eigenvalue weighted by atomic mass is 10.1. The van der Waals surface area contributed by atoms with E-state index in [9.17, 15) is 14.0 Å². The van der Waals surface area contributed by atoms with Crippen LogP contribution >= 0.6 is 0 Å². The number of anilines is 1. The van der Waals surface area contributed by atoms with Crippen molar-refractivity contribution in [2.75, 3.05) is 19.5 Å². The Morgan fingerprint density at radius 2 is 1.73 bits per heavy atom. The Kier molecular flexibility index (Phi) is 6.76. The SMILES string of the molecule is COc1cc2nccc(Oc3ccc(NC(=O)c4cn(C5CC5)nc(-c5ccc(F)cc5)c4=O)nc3)c2cc1OC. The van der Waals surface area contributed by atoms with Gasteiger partial charge in [-0.3, -0.25) is 19.3 Å². The van der Waals surface area contributed by atoms with Gasteiger partial charge in [-0.15, -0.1) is 0 Å². The average molecular weight is 554 g/mol. The highest BCUT2D eigenvalue weighted by molar-refractivity contribution is 6.04. The Morgan fingerprint density at radius 1 is 0.976 bits per heavy atom. The number of carbonyl (C=O) groups is 1. The Balaban J connectivity index is 1.24. The molecular weight excluding hydrogens is 529 g/mol. The molecule has 41 heavy (non-hydrogen) atoms. The molecule has 1 fully saturated rings. The van der Waals surface area contributed by atoms with Gasteiger partial charge in [-0.05, 0) is 61.4 Å². The van der Waals surface area contributed by atoms with Gasteiger partial charge in [0, 0.05) is 29.4 Å². The summed E-state index contributed by atoms with van der Waals surface area (Å²) in [5, 5.41) is 7.81. The van der Waals surface area contributed by atoms with Gasteiger partial charge in [0.25, 0.3) is 5.91 Å². The zero-order valence-corrected chi connectivity index (χ0v) is 22.1. The number of pyridine rings is 2. The van der Waals surface area contributed by atoms with Crippen LogP contribution < -0.4 is 25.0 Å². The maximum absolute atomic E-state index is 13.5. The van der Waals surface area contributed by atoms with E-state index in [1.165, 1.54) is 36.7 Å². The smallest absolute Gasteiger partial charge is 0.262 e. The molecule has 0 unspecified atom stereocenters. The number of ether oxygens (including phenoxy) is 3. The van der Waals surface area contributed by atoms with E-state index in [0.717, 1.165) is 12.8 Å². The van der Waals surface area contributed by atoms with E-state index in [1.54, 1.807) is 55.4 Å². The quantitative estimate of drug-likeness (QED) is 0.272. The first-order chi connectivity index (χ1) is 19.9. The topological polar surface area (TPSA) is 117 Å². The van der Waals surface area contributed by atoms with Crippen molar-refractivity contribution in [3.8, 4) is 34.3 Å². The lowest BCUT2D eigenvalue weighted by Crippen LogP contribution is -2.26. The maximum Gasteiger partial charge on any atom is 0.262 e. The summed E-state index contributed by atoms with van der Waals surface area (Å²) in [4.78, 5) is 35.1. The average Bonchev–Trinajstić information content (AvgIpc) is 3.84. The van der Waals surface area contributed by atoms with Crippen molar-refractivity contribution in [3.05, 3.63) is 94.8 Å². The molecule has 3 aromatic heterocycles. The molecule has 1 amide bonds. The Morgan fingerprint density at radius 3 is 2.41 bits per heavy atom. The molecule has 0 aliphatic heterocycles. The number of hydrogen-bond donors (Lipinski definition) is 1. The first kappa shape index (κ1) is 25.9. The second-order valence-electron chi connectivity index (χ2n) is 9.41. The van der Waals surface area contributed by atoms with E-state index in [4.69, 9.17) is 14.2 Å². The minimum Gasteiger partial charge on any atom is -0.493 e. The highest BCUT2D eigenvalue weighted by Crippen LogP contribution is 2.37. The van der Waals surface area contributed by atoms with Crippen molar-refractivity contribution >= 4 is 22.6 Å². The standard InChI is InChI=1S/C30H24FN5O5/c1-39-25-13-21-23(14-26(25)40-2)32-12-11-24(21)41-20-9-10-27(33-15-20)34-30(38)22-16-36(19-7-8-19)35-28(29(22)37)17-3-5-18(31)6-4-17/h3-6,9-16,19H,7-8H2,1-2H3,(H,33,34,38). The van der Waals surface area contributed by atoms with Crippen molar-refractivity contribution in [2.45, 2.75) is 18.9 Å². The van der Waals surface area contributed by atoms with Crippen LogP contribution in [0.4, 0.5) is 10.2 Å². The third-order valence-corrected chi connectivity index (χ3v) is 6.63. The van der Waals surface area contributed by atoms with Gasteiger partial charge in [-0.1, -0.05) is 0 Å². The number of methoxy groups -OCH3 is 2. The second-order valence-corrected chi connectivity index (χ2v) is 9.41. The summed E-state index contributed by atoms with van der Waals surface area (Å²) in [5.41, 5.74) is 0.537. The Bertz CT molecular complexity index is 1820. The van der Waals surface area contributed by atoms with E-state index in [1.807, 2.05) is 0 Å². The number of nitrogens with zero attached hydrogens (tertiary/aromatic N) is 4. The van der Waals surface area contributed by atoms with E-state index < -0.39 is 17.2 Å². The molecule has 5 aromatic rings. The van der Waals surface area contributed by atoms with Crippen LogP contribution in [0.15, 0.2) is 78.0 Å². The summed E-state index contributed by atoms with van der Waals surface area (Å²) in [6.07, 6.45) is 6.33. The van der Waals surface area contributed by atoms with Crippen LogP contribution in [0.1, 0.15) is 29.2 Å². The molecule has 0 atom stereocenters. The normalized spacial score (nSPS) is 12.7. The van der Waals surface area contributed by atoms with Crippen LogP contribution in [0.25, 0.3) is 22.2 Å². The number of aromatic nitrogens is 4. The number of halogens is 1. The highest BCUT2D eigenvalue weighted by atomic mass is 19.1. The fourth-order valence-corrected chi connectivity index (χ4v) is 4.35.